The molecule has 0 saturated carbocycles. The molecular formula is C15H24N2O3S. The predicted molar refractivity (Wildman–Crippen MR) is 82.9 cm³/mol. The Labute approximate surface area is 127 Å². The number of hydrogen-bond acceptors (Lipinski definition) is 4. The van der Waals surface area contributed by atoms with Crippen LogP contribution in [-0.2, 0) is 10.0 Å². The molecule has 5 nitrogen and oxygen atoms in total. The molecule has 6 heteroatoms. The van der Waals surface area contributed by atoms with Crippen LogP contribution in [0.4, 0.5) is 0 Å². The van der Waals surface area contributed by atoms with Crippen LogP contribution in [0.2, 0.25) is 0 Å². The van der Waals surface area contributed by atoms with Crippen molar-refractivity contribution in [3.63, 3.8) is 0 Å². The van der Waals surface area contributed by atoms with Gasteiger partial charge in [0.15, 0.2) is 0 Å². The highest BCUT2D eigenvalue weighted by Crippen LogP contribution is 2.29. The lowest BCUT2D eigenvalue weighted by atomic mass is 10.00. The zero-order chi connectivity index (χ0) is 15.6. The third-order valence-electron chi connectivity index (χ3n) is 4.07. The van der Waals surface area contributed by atoms with E-state index in [0.717, 1.165) is 19.3 Å². The van der Waals surface area contributed by atoms with E-state index in [0.29, 0.717) is 22.8 Å². The second-order valence-corrected chi connectivity index (χ2v) is 7.53. The molecule has 0 radical (unpaired) electrons. The van der Waals surface area contributed by atoms with Crippen LogP contribution in [0.25, 0.3) is 0 Å². The minimum atomic E-state index is -3.51. The number of ether oxygens (including phenoxy) is 1. The lowest BCUT2D eigenvalue weighted by Crippen LogP contribution is -2.51. The fraction of sp³-hybridized carbons (Fsp3) is 0.600. The van der Waals surface area contributed by atoms with Gasteiger partial charge in [-0.05, 0) is 50.5 Å². The van der Waals surface area contributed by atoms with Crippen LogP contribution >= 0.6 is 0 Å². The summed E-state index contributed by atoms with van der Waals surface area (Å²) in [5, 5.41) is 0. The summed E-state index contributed by atoms with van der Waals surface area (Å²) in [5.74, 6) is 0.661. The Morgan fingerprint density at radius 2 is 2.10 bits per heavy atom. The van der Waals surface area contributed by atoms with E-state index in [9.17, 15) is 8.42 Å². The van der Waals surface area contributed by atoms with Gasteiger partial charge in [-0.2, -0.15) is 4.31 Å². The monoisotopic (exact) mass is 312 g/mol. The zero-order valence-electron chi connectivity index (χ0n) is 12.9. The Morgan fingerprint density at radius 3 is 2.67 bits per heavy atom. The van der Waals surface area contributed by atoms with E-state index in [1.54, 1.807) is 36.5 Å². The van der Waals surface area contributed by atoms with Gasteiger partial charge in [0.1, 0.15) is 5.75 Å². The summed E-state index contributed by atoms with van der Waals surface area (Å²) in [6.45, 7) is 4.21. The molecule has 2 N–H and O–H groups in total. The van der Waals surface area contributed by atoms with Crippen LogP contribution in [0.15, 0.2) is 23.1 Å². The van der Waals surface area contributed by atoms with Crippen molar-refractivity contribution in [2.75, 3.05) is 13.7 Å². The summed E-state index contributed by atoms with van der Waals surface area (Å²) in [4.78, 5) is 0.343. The molecule has 1 heterocycles. The first-order valence-electron chi connectivity index (χ1n) is 7.30. The number of sulfonamides is 1. The average molecular weight is 312 g/mol. The maximum Gasteiger partial charge on any atom is 0.243 e. The first-order valence-corrected chi connectivity index (χ1v) is 8.74. The zero-order valence-corrected chi connectivity index (χ0v) is 13.7. The smallest absolute Gasteiger partial charge is 0.243 e. The predicted octanol–water partition coefficient (Wildman–Crippen LogP) is 1.89. The highest BCUT2D eigenvalue weighted by molar-refractivity contribution is 7.89. The van der Waals surface area contributed by atoms with E-state index in [1.807, 2.05) is 6.92 Å². The largest absolute Gasteiger partial charge is 0.497 e. The summed E-state index contributed by atoms with van der Waals surface area (Å²) in [5.41, 5.74) is 6.69. The van der Waals surface area contributed by atoms with Crippen LogP contribution in [-0.4, -0.2) is 38.5 Å². The van der Waals surface area contributed by atoms with Gasteiger partial charge in [-0.3, -0.25) is 0 Å². The van der Waals surface area contributed by atoms with Crippen LogP contribution in [0.3, 0.4) is 0 Å². The van der Waals surface area contributed by atoms with Crippen molar-refractivity contribution in [2.24, 2.45) is 5.73 Å². The molecule has 1 aliphatic rings. The van der Waals surface area contributed by atoms with Crippen LogP contribution in [0, 0.1) is 6.92 Å². The summed E-state index contributed by atoms with van der Waals surface area (Å²) < 4.78 is 32.6. The lowest BCUT2D eigenvalue weighted by molar-refractivity contribution is 0.227. The molecule has 0 unspecified atom stereocenters. The first kappa shape index (κ1) is 16.3. The van der Waals surface area contributed by atoms with Gasteiger partial charge >= 0.3 is 0 Å². The van der Waals surface area contributed by atoms with Crippen molar-refractivity contribution >= 4 is 10.0 Å². The molecule has 0 spiro atoms. The van der Waals surface area contributed by atoms with Gasteiger partial charge in [0.2, 0.25) is 10.0 Å². The Hall–Kier alpha value is -1.11. The number of hydrogen-bond donors (Lipinski definition) is 1. The van der Waals surface area contributed by atoms with E-state index in [1.165, 1.54) is 0 Å². The van der Waals surface area contributed by atoms with E-state index in [4.69, 9.17) is 10.5 Å². The summed E-state index contributed by atoms with van der Waals surface area (Å²) in [6.07, 6.45) is 2.74. The van der Waals surface area contributed by atoms with Gasteiger partial charge in [-0.25, -0.2) is 8.42 Å². The van der Waals surface area contributed by atoms with E-state index >= 15 is 0 Å². The molecule has 0 aliphatic carbocycles. The molecule has 21 heavy (non-hydrogen) atoms. The normalized spacial score (nSPS) is 22.0. The van der Waals surface area contributed by atoms with Gasteiger partial charge in [-0.15, -0.1) is 0 Å². The van der Waals surface area contributed by atoms with Gasteiger partial charge in [0.05, 0.1) is 12.0 Å². The number of methoxy groups -OCH3 is 1. The van der Waals surface area contributed by atoms with Crippen molar-refractivity contribution in [3.05, 3.63) is 23.8 Å². The van der Waals surface area contributed by atoms with E-state index in [-0.39, 0.29) is 12.1 Å². The molecular weight excluding hydrogens is 288 g/mol. The second kappa shape index (κ2) is 6.34. The molecule has 1 fully saturated rings. The minimum Gasteiger partial charge on any atom is -0.497 e. The number of benzene rings is 1. The first-order chi connectivity index (χ1) is 9.87. The summed E-state index contributed by atoms with van der Waals surface area (Å²) in [6, 6.07) is 4.77. The minimum absolute atomic E-state index is 0.120. The van der Waals surface area contributed by atoms with Gasteiger partial charge in [0.25, 0.3) is 0 Å². The van der Waals surface area contributed by atoms with Gasteiger partial charge < -0.3 is 10.5 Å². The summed E-state index contributed by atoms with van der Waals surface area (Å²) in [7, 11) is -1.94. The standard InChI is InChI=1S/C15H24N2O3S/c1-11-10-13(20-3)7-8-15(11)21(18,19)17-9-5-4-6-14(17)12(2)16/h7-8,10,12,14H,4-6,9,16H2,1-3H3/t12-,14+/m0/s1. The number of aryl methyl sites for hydroxylation is 1. The van der Waals surface area contributed by atoms with Gasteiger partial charge in [0, 0.05) is 18.6 Å². The number of rotatable bonds is 4. The van der Waals surface area contributed by atoms with Crippen LogP contribution in [0.5, 0.6) is 5.75 Å². The van der Waals surface area contributed by atoms with Crippen molar-refractivity contribution < 1.29 is 13.2 Å². The van der Waals surface area contributed by atoms with Crippen molar-refractivity contribution in [1.29, 1.82) is 0 Å². The van der Waals surface area contributed by atoms with Crippen molar-refractivity contribution in [2.45, 2.75) is 50.1 Å². The average Bonchev–Trinajstić information content (AvgIpc) is 2.46. The molecule has 0 amide bonds. The fourth-order valence-electron chi connectivity index (χ4n) is 2.92. The molecule has 118 valence electrons. The summed E-state index contributed by atoms with van der Waals surface area (Å²) >= 11 is 0. The molecule has 2 rings (SSSR count). The van der Waals surface area contributed by atoms with Crippen molar-refractivity contribution in [1.82, 2.24) is 4.31 Å². The molecule has 1 aliphatic heterocycles. The molecule has 2 atom stereocenters. The SMILES string of the molecule is COc1ccc(S(=O)(=O)N2CCCC[C@@H]2[C@H](C)N)c(C)c1. The van der Waals surface area contributed by atoms with Crippen LogP contribution in [0.1, 0.15) is 31.7 Å². The van der Waals surface area contributed by atoms with Gasteiger partial charge in [-0.1, -0.05) is 6.42 Å². The molecule has 1 saturated heterocycles. The highest BCUT2D eigenvalue weighted by atomic mass is 32.2. The Bertz CT molecular complexity index is 599. The fourth-order valence-corrected chi connectivity index (χ4v) is 4.90. The number of nitrogens with two attached hydrogens (primary N) is 1. The lowest BCUT2D eigenvalue weighted by Gasteiger charge is -2.37. The topological polar surface area (TPSA) is 72.6 Å². The van der Waals surface area contributed by atoms with E-state index in [2.05, 4.69) is 0 Å². The molecule has 0 aromatic heterocycles. The Morgan fingerprint density at radius 1 is 1.38 bits per heavy atom. The highest BCUT2D eigenvalue weighted by Gasteiger charge is 2.35. The molecule has 1 aromatic rings. The second-order valence-electron chi connectivity index (χ2n) is 5.67. The van der Waals surface area contributed by atoms with Crippen molar-refractivity contribution in [3.8, 4) is 5.75 Å². The van der Waals surface area contributed by atoms with Crippen LogP contribution < -0.4 is 10.5 Å². The molecule has 1 aromatic carbocycles. The quantitative estimate of drug-likeness (QED) is 0.921. The number of nitrogens with zero attached hydrogens (tertiary/aromatic N) is 1. The van der Waals surface area contributed by atoms with E-state index < -0.39 is 10.0 Å². The Balaban J connectivity index is 2.40. The Kier molecular flexibility index (Phi) is 4.91. The third-order valence-corrected chi connectivity index (χ3v) is 6.16. The number of piperidine rings is 1. The third kappa shape index (κ3) is 3.22. The maximum absolute atomic E-state index is 13.0. The maximum atomic E-state index is 13.0. The molecule has 0 bridgehead atoms.